The van der Waals surface area contributed by atoms with Gasteiger partial charge in [0.25, 0.3) is 5.91 Å². The van der Waals surface area contributed by atoms with Crippen molar-refractivity contribution in [1.29, 1.82) is 0 Å². The van der Waals surface area contributed by atoms with E-state index in [0.717, 1.165) is 51.4 Å². The molecule has 0 spiro atoms. The molecule has 0 atom stereocenters. The molecule has 420 valence electrons. The molecule has 9 rings (SSSR count). The molecule has 1 aliphatic rings. The number of pyridine rings is 2. The van der Waals surface area contributed by atoms with Crippen LogP contribution in [0.25, 0.3) is 44.3 Å². The van der Waals surface area contributed by atoms with Crippen LogP contribution in [0.2, 0.25) is 10.0 Å². The van der Waals surface area contributed by atoms with Crippen molar-refractivity contribution in [1.82, 2.24) is 49.5 Å². The Kier molecular flexibility index (Phi) is 20.8. The largest absolute Gasteiger partial charge is 0.495 e. The van der Waals surface area contributed by atoms with E-state index in [2.05, 4.69) is 74.9 Å². The highest BCUT2D eigenvalue weighted by molar-refractivity contribution is 6.36. The molecule has 1 amide bonds. The Hall–Kier alpha value is -7.92. The molecule has 23 heteroatoms. The third-order valence-electron chi connectivity index (χ3n) is 13.0. The van der Waals surface area contributed by atoms with Crippen LogP contribution in [0.3, 0.4) is 0 Å². The summed E-state index contributed by atoms with van der Waals surface area (Å²) in [7, 11) is 11.6. The highest BCUT2D eigenvalue weighted by Crippen LogP contribution is 2.45. The predicted molar refractivity (Wildman–Crippen MR) is 306 cm³/mol. The average molecular weight is 1140 g/mol. The molecular weight excluding hydrogens is 1070 g/mol. The van der Waals surface area contributed by atoms with Crippen molar-refractivity contribution in [2.45, 2.75) is 20.0 Å². The number of hydrogen-bond donors (Lipinski definition) is 3. The van der Waals surface area contributed by atoms with Gasteiger partial charge in [-0.25, -0.2) is 23.5 Å². The molecular formula is C57H62Cl2F2N12O7. The van der Waals surface area contributed by atoms with Gasteiger partial charge in [0.05, 0.1) is 60.6 Å². The van der Waals surface area contributed by atoms with E-state index < -0.39 is 23.5 Å². The second-order valence-electron chi connectivity index (χ2n) is 18.6. The van der Waals surface area contributed by atoms with Crippen LogP contribution in [0.4, 0.5) is 20.4 Å². The SMILES string of the molecule is CCN1CCN(Cc2ccc(N)nc2)CC1.COc1cc(OC)c(Cl)c(-c2ccc(C(=O)Nc3ccc(CN(C)CCN(C)C)cn3)c3nccnc23)c1F.COc1cc(OC)c(Cl)c(-c2ccc(C(=O)O)c3nccnc23)c1F. The lowest BCUT2D eigenvalue weighted by molar-refractivity contribution is 0.0698. The molecule has 8 aromatic rings. The van der Waals surface area contributed by atoms with Gasteiger partial charge in [-0.15, -0.1) is 0 Å². The highest BCUT2D eigenvalue weighted by atomic mass is 35.5. The van der Waals surface area contributed by atoms with Crippen molar-refractivity contribution in [3.8, 4) is 45.3 Å². The van der Waals surface area contributed by atoms with Crippen LogP contribution in [0, 0.1) is 11.6 Å². The number of likely N-dealkylation sites (N-methyl/N-ethyl adjacent to an activating group) is 3. The van der Waals surface area contributed by atoms with Gasteiger partial charge in [-0.1, -0.05) is 54.4 Å². The minimum absolute atomic E-state index is 0.000283. The lowest BCUT2D eigenvalue weighted by Crippen LogP contribution is -2.45. The minimum Gasteiger partial charge on any atom is -0.495 e. The van der Waals surface area contributed by atoms with Crippen LogP contribution >= 0.6 is 23.2 Å². The number of fused-ring (bicyclic) bond motifs is 2. The number of aromatic nitrogens is 6. The number of nitrogens with two attached hydrogens (primary N) is 1. The molecule has 1 fully saturated rings. The molecule has 0 aliphatic carbocycles. The van der Waals surface area contributed by atoms with E-state index in [1.165, 1.54) is 96.1 Å². The van der Waals surface area contributed by atoms with Crippen LogP contribution in [-0.2, 0) is 13.1 Å². The van der Waals surface area contributed by atoms with Crippen molar-refractivity contribution in [2.75, 3.05) is 106 Å². The second-order valence-corrected chi connectivity index (χ2v) is 19.3. The maximum Gasteiger partial charge on any atom is 0.337 e. The fourth-order valence-corrected chi connectivity index (χ4v) is 9.34. The first-order chi connectivity index (χ1) is 38.5. The summed E-state index contributed by atoms with van der Waals surface area (Å²) in [5, 5.41) is 12.2. The minimum atomic E-state index is -1.16. The first-order valence-electron chi connectivity index (χ1n) is 25.2. The second kappa shape index (κ2) is 27.8. The first kappa shape index (κ1) is 59.7. The number of halogens is 4. The summed E-state index contributed by atoms with van der Waals surface area (Å²) in [6.45, 7) is 11.7. The van der Waals surface area contributed by atoms with Crippen molar-refractivity contribution in [2.24, 2.45) is 0 Å². The number of carbonyl (C=O) groups excluding carboxylic acids is 1. The van der Waals surface area contributed by atoms with Gasteiger partial charge < -0.3 is 49.8 Å². The number of nitrogens with zero attached hydrogens (tertiary/aromatic N) is 10. The van der Waals surface area contributed by atoms with Gasteiger partial charge in [0.15, 0.2) is 23.1 Å². The maximum absolute atomic E-state index is 15.4. The number of benzene rings is 4. The number of hydrogen-bond acceptors (Lipinski definition) is 17. The van der Waals surface area contributed by atoms with Crippen molar-refractivity contribution in [3.63, 3.8) is 0 Å². The highest BCUT2D eigenvalue weighted by Gasteiger charge is 2.26. The summed E-state index contributed by atoms with van der Waals surface area (Å²) in [6, 6.07) is 16.2. The Balaban J connectivity index is 0.000000191. The fourth-order valence-electron chi connectivity index (χ4n) is 8.71. The lowest BCUT2D eigenvalue weighted by atomic mass is 9.99. The summed E-state index contributed by atoms with van der Waals surface area (Å²) < 4.78 is 51.0. The van der Waals surface area contributed by atoms with E-state index in [9.17, 15) is 19.1 Å². The van der Waals surface area contributed by atoms with E-state index in [0.29, 0.717) is 22.7 Å². The standard InChI is InChI=1S/C28H30ClFN6O3.C17H12ClFN2O4.C12H20N4/c1-35(2)12-13-36(3)16-17-6-9-22(33-15-17)34-28(37)19-8-7-18(26-27(19)32-11-10-31-26)23-24(29)20(38-4)14-21(39-5)25(23)30;1-24-10-7-11(25-2)14(19)12(13(10)18)8-3-4-9(17(22)23)16-15(8)20-5-6-21-16;1-2-15-5-7-16(8-6-15)10-11-3-4-12(13)14-9-11/h6-11,14-15H,12-13,16H2,1-5H3,(H,33,34,37);3-7H,1-2H3,(H,22,23);3-4,9H,2,5-8,10H2,1H3,(H2,13,14). The molecule has 0 radical (unpaired) electrons. The lowest BCUT2D eigenvalue weighted by Gasteiger charge is -2.33. The Morgan fingerprint density at radius 3 is 1.59 bits per heavy atom. The zero-order valence-corrected chi connectivity index (χ0v) is 47.1. The van der Waals surface area contributed by atoms with Gasteiger partial charge in [0, 0.05) is 124 Å². The number of amides is 1. The monoisotopic (exact) mass is 1130 g/mol. The molecule has 1 aliphatic heterocycles. The summed E-state index contributed by atoms with van der Waals surface area (Å²) in [4.78, 5) is 59.4. The van der Waals surface area contributed by atoms with Crippen LogP contribution < -0.4 is 30.0 Å². The van der Waals surface area contributed by atoms with Gasteiger partial charge in [-0.05, 0) is 63.1 Å². The quantitative estimate of drug-likeness (QED) is 0.0773. The Labute approximate surface area is 472 Å². The molecule has 5 heterocycles. The first-order valence-corrected chi connectivity index (χ1v) is 25.9. The molecule has 1 saturated heterocycles. The number of nitrogen functional groups attached to an aromatic ring is 1. The van der Waals surface area contributed by atoms with E-state index >= 15 is 4.39 Å². The molecule has 0 unspecified atom stereocenters. The number of ether oxygens (including phenoxy) is 4. The molecule has 4 N–H and O–H groups in total. The smallest absolute Gasteiger partial charge is 0.337 e. The number of rotatable bonds is 17. The van der Waals surface area contributed by atoms with Crippen molar-refractivity contribution >= 4 is 68.8 Å². The molecule has 4 aromatic heterocycles. The third-order valence-corrected chi connectivity index (χ3v) is 13.8. The Morgan fingerprint density at radius 2 is 1.12 bits per heavy atom. The molecule has 80 heavy (non-hydrogen) atoms. The number of carboxylic acid groups (broad SMARTS) is 1. The van der Waals surface area contributed by atoms with E-state index in [4.69, 9.17) is 47.9 Å². The van der Waals surface area contributed by atoms with Crippen molar-refractivity contribution < 1.29 is 42.4 Å². The number of carboxylic acids is 1. The van der Waals surface area contributed by atoms with E-state index in [1.807, 2.05) is 32.4 Å². The number of carbonyl (C=O) groups is 2. The Morgan fingerprint density at radius 1 is 0.637 bits per heavy atom. The molecule has 4 aromatic carbocycles. The third kappa shape index (κ3) is 14.3. The number of anilines is 2. The van der Waals surface area contributed by atoms with Gasteiger partial charge in [0.2, 0.25) is 0 Å². The normalized spacial score (nSPS) is 12.6. The van der Waals surface area contributed by atoms with Crippen LogP contribution in [0.1, 0.15) is 38.8 Å². The zero-order valence-electron chi connectivity index (χ0n) is 45.6. The summed E-state index contributed by atoms with van der Waals surface area (Å²) in [5.74, 6) is -1.62. The van der Waals surface area contributed by atoms with Gasteiger partial charge in [-0.3, -0.25) is 29.6 Å². The van der Waals surface area contributed by atoms with Crippen LogP contribution in [-0.4, -0.2) is 162 Å². The van der Waals surface area contributed by atoms with Gasteiger partial charge >= 0.3 is 5.97 Å². The van der Waals surface area contributed by atoms with E-state index in [-0.39, 0.29) is 77.4 Å². The van der Waals surface area contributed by atoms with Crippen LogP contribution in [0.5, 0.6) is 23.0 Å². The van der Waals surface area contributed by atoms with Crippen LogP contribution in [0.15, 0.2) is 97.8 Å². The number of methoxy groups -OCH3 is 4. The van der Waals surface area contributed by atoms with Crippen molar-refractivity contribution in [3.05, 3.63) is 142 Å². The molecule has 19 nitrogen and oxygen atoms in total. The molecule has 0 bridgehead atoms. The number of piperazine rings is 1. The number of aromatic carboxylic acids is 1. The summed E-state index contributed by atoms with van der Waals surface area (Å²) >= 11 is 12.8. The van der Waals surface area contributed by atoms with E-state index in [1.54, 1.807) is 24.4 Å². The fraction of sp³-hybridized carbons (Fsp3) is 0.298. The molecule has 0 saturated carbocycles. The van der Waals surface area contributed by atoms with Gasteiger partial charge in [0.1, 0.15) is 34.2 Å². The zero-order chi connectivity index (χ0) is 57.6. The topological polar surface area (TPSA) is 220 Å². The number of nitrogens with one attached hydrogen (secondary N) is 1. The average Bonchev–Trinajstić information content (AvgIpc) is 3.49. The maximum atomic E-state index is 15.4. The summed E-state index contributed by atoms with van der Waals surface area (Å²) in [6.07, 6.45) is 9.30. The summed E-state index contributed by atoms with van der Waals surface area (Å²) in [5.41, 5.74) is 9.64. The van der Waals surface area contributed by atoms with Gasteiger partial charge in [-0.2, -0.15) is 0 Å². The Bertz CT molecular complexity index is 3390. The predicted octanol–water partition coefficient (Wildman–Crippen LogP) is 9.35.